The van der Waals surface area contributed by atoms with Gasteiger partial charge in [0.25, 0.3) is 5.91 Å². The van der Waals surface area contributed by atoms with Gasteiger partial charge in [0.1, 0.15) is 11.5 Å². The number of anilines is 1. The standard InChI is InChI=1S/C22H23BrClN5O7.H3O4P.H2O/c23-16-4-11(24)3-15(20(16)35)17(6-19(33)34)29-18(32)9-25-21(36)10-1-12(5-13(30)2-10)28-22-26-7-14(31)8-27-22;1-5(2,3)4;/h1-5,14,17,30-31,35H,6-9H2,(H,25,36)(H,29,32)(H,33,34)(H2,26,27,28);(H3,1,2,3,4);1H2/t17-;;/m0../s1. The molecule has 0 aliphatic carbocycles. The van der Waals surface area contributed by atoms with Crippen LogP contribution in [0.1, 0.15) is 28.4 Å². The first-order valence-corrected chi connectivity index (χ1v) is 14.1. The van der Waals surface area contributed by atoms with E-state index in [1.165, 1.54) is 30.3 Å². The number of carboxylic acids is 1. The molecule has 2 aromatic rings. The second-order valence-electron chi connectivity index (χ2n) is 8.36. The van der Waals surface area contributed by atoms with Gasteiger partial charge in [-0.3, -0.25) is 19.4 Å². The fourth-order valence-corrected chi connectivity index (χ4v) is 4.17. The van der Waals surface area contributed by atoms with Crippen LogP contribution < -0.4 is 21.3 Å². The van der Waals surface area contributed by atoms with Crippen LogP contribution >= 0.6 is 35.4 Å². The molecule has 0 radical (unpaired) electrons. The molecule has 0 aromatic heterocycles. The number of nitrogens with one attached hydrogen (secondary N) is 4. The minimum Gasteiger partial charge on any atom is -0.508 e. The van der Waals surface area contributed by atoms with Crippen molar-refractivity contribution in [3.8, 4) is 11.5 Å². The molecule has 0 saturated heterocycles. The molecule has 20 heteroatoms. The number of carboxylic acid groups (broad SMARTS) is 1. The Morgan fingerprint density at radius 1 is 1.14 bits per heavy atom. The molecular weight excluding hydrogens is 673 g/mol. The number of benzene rings is 2. The van der Waals surface area contributed by atoms with Gasteiger partial charge in [-0.25, -0.2) is 4.57 Å². The Kier molecular flexibility index (Phi) is 14.1. The molecular formula is C22H28BrClN5O12P. The van der Waals surface area contributed by atoms with Crippen molar-refractivity contribution in [2.75, 3.05) is 25.0 Å². The number of halogens is 2. The highest BCUT2D eigenvalue weighted by atomic mass is 79.9. The van der Waals surface area contributed by atoms with Crippen LogP contribution in [0.2, 0.25) is 5.02 Å². The van der Waals surface area contributed by atoms with Crippen molar-refractivity contribution in [3.63, 3.8) is 0 Å². The Labute approximate surface area is 250 Å². The summed E-state index contributed by atoms with van der Waals surface area (Å²) in [7, 11) is -4.64. The number of amides is 2. The number of hydrogen-bond acceptors (Lipinski definition) is 10. The minimum absolute atomic E-state index is 0. The second kappa shape index (κ2) is 16.2. The van der Waals surface area contributed by atoms with Gasteiger partial charge in [0, 0.05) is 34.4 Å². The van der Waals surface area contributed by atoms with Crippen LogP contribution in [0, 0.1) is 0 Å². The largest absolute Gasteiger partial charge is 0.508 e. The van der Waals surface area contributed by atoms with Crippen molar-refractivity contribution >= 4 is 64.8 Å². The predicted octanol–water partition coefficient (Wildman–Crippen LogP) is -0.446. The molecule has 1 aliphatic rings. The number of aliphatic hydroxyl groups is 1. The molecule has 2 aromatic carbocycles. The Balaban J connectivity index is 0.00000135. The third-order valence-electron chi connectivity index (χ3n) is 4.96. The van der Waals surface area contributed by atoms with Crippen LogP contribution in [0.3, 0.4) is 0 Å². The van der Waals surface area contributed by atoms with Crippen LogP contribution in [0.25, 0.3) is 0 Å². The number of hydrogen-bond donors (Lipinski definition) is 11. The highest BCUT2D eigenvalue weighted by Gasteiger charge is 2.23. The number of carbonyl (C=O) groups excluding carboxylic acids is 2. The van der Waals surface area contributed by atoms with Gasteiger partial charge in [-0.1, -0.05) is 11.6 Å². The van der Waals surface area contributed by atoms with E-state index in [0.29, 0.717) is 18.2 Å². The average molecular weight is 701 g/mol. The van der Waals surface area contributed by atoms with Crippen molar-refractivity contribution in [1.29, 1.82) is 0 Å². The van der Waals surface area contributed by atoms with Gasteiger partial charge in [0.05, 0.1) is 36.1 Å². The first kappa shape index (κ1) is 36.5. The lowest BCUT2D eigenvalue weighted by molar-refractivity contribution is -0.137. The molecule has 17 nitrogen and oxygen atoms in total. The van der Waals surface area contributed by atoms with Gasteiger partial charge in [-0.2, -0.15) is 0 Å². The zero-order valence-electron chi connectivity index (χ0n) is 21.3. The van der Waals surface area contributed by atoms with Gasteiger partial charge in [0.15, 0.2) is 5.96 Å². The number of phosphoric acid groups is 1. The number of nitrogens with zero attached hydrogens (tertiary/aromatic N) is 1. The summed E-state index contributed by atoms with van der Waals surface area (Å²) in [6.07, 6.45) is -1.15. The van der Waals surface area contributed by atoms with E-state index in [9.17, 15) is 34.8 Å². The Hall–Kier alpha value is -3.48. The molecule has 1 unspecified atom stereocenters. The number of carbonyl (C=O) groups is 3. The number of aromatic hydroxyl groups is 2. The summed E-state index contributed by atoms with van der Waals surface area (Å²) in [5.41, 5.74) is 0.475. The molecule has 1 aliphatic heterocycles. The molecule has 2 amide bonds. The lowest BCUT2D eigenvalue weighted by Crippen LogP contribution is -2.42. The zero-order valence-corrected chi connectivity index (χ0v) is 24.5. The molecule has 3 rings (SSSR count). The Morgan fingerprint density at radius 2 is 1.79 bits per heavy atom. The van der Waals surface area contributed by atoms with E-state index in [1.54, 1.807) is 0 Å². The van der Waals surface area contributed by atoms with Crippen molar-refractivity contribution in [2.45, 2.75) is 18.6 Å². The van der Waals surface area contributed by atoms with Crippen LogP contribution in [-0.4, -0.2) is 90.1 Å². The summed E-state index contributed by atoms with van der Waals surface area (Å²) in [6.45, 7) is -0.0225. The predicted molar refractivity (Wildman–Crippen MR) is 152 cm³/mol. The molecule has 2 atom stereocenters. The lowest BCUT2D eigenvalue weighted by atomic mass is 10.0. The van der Waals surface area contributed by atoms with Crippen molar-refractivity contribution in [3.05, 3.63) is 51.0 Å². The smallest absolute Gasteiger partial charge is 0.466 e. The van der Waals surface area contributed by atoms with E-state index in [2.05, 4.69) is 42.2 Å². The van der Waals surface area contributed by atoms with Crippen molar-refractivity contribution in [2.24, 2.45) is 4.99 Å². The maximum atomic E-state index is 12.6. The van der Waals surface area contributed by atoms with Crippen molar-refractivity contribution < 1.29 is 59.5 Å². The first-order valence-electron chi connectivity index (χ1n) is 11.3. The lowest BCUT2D eigenvalue weighted by Gasteiger charge is -2.20. The summed E-state index contributed by atoms with van der Waals surface area (Å²) >= 11 is 9.12. The zero-order chi connectivity index (χ0) is 30.9. The van der Waals surface area contributed by atoms with E-state index in [1.807, 2.05) is 0 Å². The number of phenols is 2. The van der Waals surface area contributed by atoms with Crippen LogP contribution in [0.5, 0.6) is 11.5 Å². The minimum atomic E-state index is -4.64. The highest BCUT2D eigenvalue weighted by molar-refractivity contribution is 9.10. The van der Waals surface area contributed by atoms with E-state index in [4.69, 9.17) is 30.8 Å². The maximum absolute atomic E-state index is 12.6. The third-order valence-corrected chi connectivity index (χ3v) is 5.79. The highest BCUT2D eigenvalue weighted by Crippen LogP contribution is 2.36. The molecule has 0 spiro atoms. The Morgan fingerprint density at radius 3 is 2.36 bits per heavy atom. The number of phenolic OH excluding ortho intramolecular Hbond substituents is 2. The van der Waals surface area contributed by atoms with E-state index < -0.39 is 50.7 Å². The summed E-state index contributed by atoms with van der Waals surface area (Å²) in [6, 6.07) is 5.62. The van der Waals surface area contributed by atoms with Crippen LogP contribution in [0.4, 0.5) is 5.69 Å². The van der Waals surface area contributed by atoms with Crippen molar-refractivity contribution in [1.82, 2.24) is 16.0 Å². The van der Waals surface area contributed by atoms with E-state index in [-0.39, 0.29) is 44.1 Å². The number of rotatable bonds is 8. The molecule has 232 valence electrons. The number of guanidine groups is 1. The fraction of sp³-hybridized carbons (Fsp3) is 0.273. The molecule has 0 saturated carbocycles. The van der Waals surface area contributed by atoms with E-state index in [0.717, 1.165) is 0 Å². The number of aliphatic imine (C=N–C) groups is 1. The topological polar surface area (TPSA) is 302 Å². The molecule has 1 heterocycles. The van der Waals surface area contributed by atoms with Gasteiger partial charge >= 0.3 is 13.8 Å². The SMILES string of the molecule is O.O=C(O)C[C@H](NC(=O)CNC(=O)c1cc(O)cc(NC2=NCC(O)CN2)c1)c1cc(Cl)cc(Br)c1O.O=P(O)(O)O. The normalized spacial score (nSPS) is 14.9. The van der Waals surface area contributed by atoms with Gasteiger partial charge in [-0.05, 0) is 40.2 Å². The van der Waals surface area contributed by atoms with E-state index >= 15 is 0 Å². The molecule has 13 N–H and O–H groups in total. The Bertz CT molecular complexity index is 1370. The van der Waals surface area contributed by atoms with Crippen LogP contribution in [0.15, 0.2) is 39.8 Å². The first-order chi connectivity index (χ1) is 19.0. The average Bonchev–Trinajstić information content (AvgIpc) is 2.84. The van der Waals surface area contributed by atoms with Gasteiger partial charge in [-0.15, -0.1) is 0 Å². The fourth-order valence-electron chi connectivity index (χ4n) is 3.34. The third kappa shape index (κ3) is 13.0. The maximum Gasteiger partial charge on any atom is 0.466 e. The summed E-state index contributed by atoms with van der Waals surface area (Å²) in [5, 5.41) is 49.8. The quantitative estimate of drug-likeness (QED) is 0.156. The number of aliphatic carboxylic acids is 1. The number of aliphatic hydroxyl groups excluding tert-OH is 1. The summed E-state index contributed by atoms with van der Waals surface area (Å²) in [5.74, 6) is -2.76. The van der Waals surface area contributed by atoms with Gasteiger partial charge < -0.3 is 61.8 Å². The molecule has 42 heavy (non-hydrogen) atoms. The summed E-state index contributed by atoms with van der Waals surface area (Å²) in [4.78, 5) is 62.1. The van der Waals surface area contributed by atoms with Crippen LogP contribution in [-0.2, 0) is 14.2 Å². The molecule has 0 bridgehead atoms. The van der Waals surface area contributed by atoms with Gasteiger partial charge in [0.2, 0.25) is 5.91 Å². The monoisotopic (exact) mass is 699 g/mol. The summed E-state index contributed by atoms with van der Waals surface area (Å²) < 4.78 is 9.11. The second-order valence-corrected chi connectivity index (χ2v) is 10.7. The number of β-amino-alcohol motifs (C(OH)–C–C–N with tert-alkyl or cyclic N) is 1. The molecule has 0 fully saturated rings.